The maximum Gasteiger partial charge on any atom is 0.131 e. The first-order valence-electron chi connectivity index (χ1n) is 8.95. The molecular formula is C18H27N3. The minimum absolute atomic E-state index is 0.633. The first kappa shape index (κ1) is 13.7. The van der Waals surface area contributed by atoms with Gasteiger partial charge in [-0.25, -0.2) is 9.97 Å². The van der Waals surface area contributed by atoms with Gasteiger partial charge in [-0.3, -0.25) is 0 Å². The predicted octanol–water partition coefficient (Wildman–Crippen LogP) is 3.68. The number of aromatic nitrogens is 2. The van der Waals surface area contributed by atoms with Crippen LogP contribution in [-0.2, 0) is 13.0 Å². The Labute approximate surface area is 128 Å². The van der Waals surface area contributed by atoms with Gasteiger partial charge in [0.1, 0.15) is 5.82 Å². The Balaban J connectivity index is 1.68. The zero-order valence-corrected chi connectivity index (χ0v) is 13.2. The lowest BCUT2D eigenvalue weighted by molar-refractivity contribution is 0.400. The quantitative estimate of drug-likeness (QED) is 0.920. The lowest BCUT2D eigenvalue weighted by Gasteiger charge is -2.30. The molecule has 114 valence electrons. The summed E-state index contributed by atoms with van der Waals surface area (Å²) in [6, 6.07) is 0. The Morgan fingerprint density at radius 1 is 1.10 bits per heavy atom. The van der Waals surface area contributed by atoms with Gasteiger partial charge in [-0.05, 0) is 38.0 Å². The van der Waals surface area contributed by atoms with Gasteiger partial charge in [-0.2, -0.15) is 0 Å². The van der Waals surface area contributed by atoms with Crippen LogP contribution in [0.1, 0.15) is 86.5 Å². The molecule has 0 amide bonds. The molecule has 1 N–H and O–H groups in total. The van der Waals surface area contributed by atoms with Crippen molar-refractivity contribution in [1.82, 2.24) is 15.3 Å². The van der Waals surface area contributed by atoms with E-state index in [0.717, 1.165) is 31.3 Å². The van der Waals surface area contributed by atoms with Gasteiger partial charge in [-0.15, -0.1) is 0 Å². The highest BCUT2D eigenvalue weighted by molar-refractivity contribution is 5.32. The van der Waals surface area contributed by atoms with Gasteiger partial charge in [0.05, 0.1) is 11.4 Å². The summed E-state index contributed by atoms with van der Waals surface area (Å²) in [6.07, 6.45) is 10.5. The highest BCUT2D eigenvalue weighted by Gasteiger charge is 2.31. The Morgan fingerprint density at radius 3 is 2.71 bits per heavy atom. The lowest BCUT2D eigenvalue weighted by atomic mass is 9.80. The smallest absolute Gasteiger partial charge is 0.131 e. The summed E-state index contributed by atoms with van der Waals surface area (Å²) in [5, 5.41) is 3.51. The Morgan fingerprint density at radius 2 is 2.00 bits per heavy atom. The van der Waals surface area contributed by atoms with Gasteiger partial charge in [-0.1, -0.05) is 19.8 Å². The van der Waals surface area contributed by atoms with Crippen molar-refractivity contribution < 1.29 is 0 Å². The van der Waals surface area contributed by atoms with Crippen molar-refractivity contribution in [2.24, 2.45) is 5.92 Å². The molecule has 0 bridgehead atoms. The monoisotopic (exact) mass is 285 g/mol. The van der Waals surface area contributed by atoms with Gasteiger partial charge in [0.2, 0.25) is 0 Å². The van der Waals surface area contributed by atoms with E-state index in [1.54, 1.807) is 0 Å². The molecule has 1 aromatic heterocycles. The lowest BCUT2D eigenvalue weighted by Crippen LogP contribution is -2.29. The summed E-state index contributed by atoms with van der Waals surface area (Å²) >= 11 is 0. The van der Waals surface area contributed by atoms with Crippen LogP contribution < -0.4 is 5.32 Å². The molecule has 0 radical (unpaired) electrons. The van der Waals surface area contributed by atoms with Crippen molar-refractivity contribution in [1.29, 1.82) is 0 Å². The molecule has 2 heterocycles. The van der Waals surface area contributed by atoms with Crippen LogP contribution >= 0.6 is 0 Å². The summed E-state index contributed by atoms with van der Waals surface area (Å²) in [7, 11) is 0. The molecule has 2 unspecified atom stereocenters. The Kier molecular flexibility index (Phi) is 3.70. The van der Waals surface area contributed by atoms with Crippen LogP contribution in [0.15, 0.2) is 0 Å². The van der Waals surface area contributed by atoms with Gasteiger partial charge in [0.15, 0.2) is 0 Å². The number of rotatable bonds is 3. The van der Waals surface area contributed by atoms with E-state index in [0.29, 0.717) is 5.92 Å². The van der Waals surface area contributed by atoms with Crippen molar-refractivity contribution >= 4 is 0 Å². The van der Waals surface area contributed by atoms with E-state index in [4.69, 9.17) is 9.97 Å². The highest BCUT2D eigenvalue weighted by atomic mass is 15.0. The number of nitrogens with one attached hydrogen (secondary N) is 1. The molecule has 0 spiro atoms. The van der Waals surface area contributed by atoms with Gasteiger partial charge < -0.3 is 5.32 Å². The van der Waals surface area contributed by atoms with Gasteiger partial charge in [0, 0.05) is 36.9 Å². The van der Waals surface area contributed by atoms with Crippen LogP contribution in [0.4, 0.5) is 0 Å². The Bertz CT molecular complexity index is 521. The molecule has 2 atom stereocenters. The standard InChI is InChI=1S/C18H27N3/c1-2-12-6-7-14(10-12)18-20-16-8-9-19-11-15(16)17(21-18)13-4-3-5-13/h12-14,19H,2-11H2,1H3. The molecule has 1 aliphatic heterocycles. The van der Waals surface area contributed by atoms with E-state index >= 15 is 0 Å². The van der Waals surface area contributed by atoms with Crippen LogP contribution in [0.5, 0.6) is 0 Å². The fraction of sp³-hybridized carbons (Fsp3) is 0.778. The molecule has 2 fully saturated rings. The molecule has 3 heteroatoms. The normalized spacial score (nSPS) is 29.2. The van der Waals surface area contributed by atoms with Crippen LogP contribution in [0.25, 0.3) is 0 Å². The zero-order chi connectivity index (χ0) is 14.2. The summed E-state index contributed by atoms with van der Waals surface area (Å²) in [5.41, 5.74) is 4.22. The van der Waals surface area contributed by atoms with Crippen LogP contribution in [-0.4, -0.2) is 16.5 Å². The number of fused-ring (bicyclic) bond motifs is 1. The molecule has 3 aliphatic rings. The second kappa shape index (κ2) is 5.68. The minimum atomic E-state index is 0.633. The van der Waals surface area contributed by atoms with E-state index in [1.807, 2.05) is 0 Å². The molecule has 4 rings (SSSR count). The van der Waals surface area contributed by atoms with Crippen molar-refractivity contribution in [3.8, 4) is 0 Å². The summed E-state index contributed by atoms with van der Waals surface area (Å²) in [5.74, 6) is 3.45. The second-order valence-corrected chi connectivity index (χ2v) is 7.23. The fourth-order valence-electron chi connectivity index (χ4n) is 4.27. The van der Waals surface area contributed by atoms with E-state index in [2.05, 4.69) is 12.2 Å². The fourth-order valence-corrected chi connectivity index (χ4v) is 4.27. The topological polar surface area (TPSA) is 37.8 Å². The van der Waals surface area contributed by atoms with Crippen LogP contribution in [0.3, 0.4) is 0 Å². The molecular weight excluding hydrogens is 258 g/mol. The van der Waals surface area contributed by atoms with Gasteiger partial charge in [0.25, 0.3) is 0 Å². The Hall–Kier alpha value is -0.960. The minimum Gasteiger partial charge on any atom is -0.312 e. The van der Waals surface area contributed by atoms with Crippen molar-refractivity contribution in [2.45, 2.75) is 76.7 Å². The molecule has 2 saturated carbocycles. The van der Waals surface area contributed by atoms with Gasteiger partial charge >= 0.3 is 0 Å². The van der Waals surface area contributed by atoms with Crippen molar-refractivity contribution in [3.63, 3.8) is 0 Å². The first-order chi connectivity index (χ1) is 10.3. The van der Waals surface area contributed by atoms with E-state index in [-0.39, 0.29) is 0 Å². The predicted molar refractivity (Wildman–Crippen MR) is 84.4 cm³/mol. The van der Waals surface area contributed by atoms with E-state index < -0.39 is 0 Å². The SMILES string of the molecule is CCC1CCC(c2nc3c(c(C4CCC4)n2)CNCC3)C1. The van der Waals surface area contributed by atoms with Crippen LogP contribution in [0.2, 0.25) is 0 Å². The zero-order valence-electron chi connectivity index (χ0n) is 13.2. The van der Waals surface area contributed by atoms with Crippen LogP contribution in [0, 0.1) is 5.92 Å². The van der Waals surface area contributed by atoms with Crippen molar-refractivity contribution in [2.75, 3.05) is 6.54 Å². The summed E-state index contributed by atoms with van der Waals surface area (Å²) in [6.45, 7) is 4.39. The third kappa shape index (κ3) is 2.50. The molecule has 3 nitrogen and oxygen atoms in total. The molecule has 0 saturated heterocycles. The molecule has 0 aromatic carbocycles. The number of hydrogen-bond donors (Lipinski definition) is 1. The first-order valence-corrected chi connectivity index (χ1v) is 8.95. The maximum atomic E-state index is 5.11. The number of nitrogens with zero attached hydrogens (tertiary/aromatic N) is 2. The highest BCUT2D eigenvalue weighted by Crippen LogP contribution is 2.42. The average molecular weight is 285 g/mol. The molecule has 21 heavy (non-hydrogen) atoms. The third-order valence-corrected chi connectivity index (χ3v) is 5.96. The largest absolute Gasteiger partial charge is 0.312 e. The second-order valence-electron chi connectivity index (χ2n) is 7.23. The van der Waals surface area contributed by atoms with E-state index in [9.17, 15) is 0 Å². The van der Waals surface area contributed by atoms with Crippen molar-refractivity contribution in [3.05, 3.63) is 22.8 Å². The summed E-state index contributed by atoms with van der Waals surface area (Å²) in [4.78, 5) is 10.1. The van der Waals surface area contributed by atoms with E-state index in [1.165, 1.54) is 67.7 Å². The molecule has 2 aliphatic carbocycles. The number of hydrogen-bond acceptors (Lipinski definition) is 3. The molecule has 1 aromatic rings. The maximum absolute atomic E-state index is 5.11. The third-order valence-electron chi connectivity index (χ3n) is 5.96. The summed E-state index contributed by atoms with van der Waals surface area (Å²) < 4.78 is 0. The average Bonchev–Trinajstić information content (AvgIpc) is 2.94.